The third-order valence-corrected chi connectivity index (χ3v) is 5.86. The summed E-state index contributed by atoms with van der Waals surface area (Å²) in [7, 11) is -1.83. The molecule has 21 heavy (non-hydrogen) atoms. The molecule has 1 fully saturated rings. The summed E-state index contributed by atoms with van der Waals surface area (Å²) in [4.78, 5) is 8.13. The number of pyridine rings is 1. The first-order valence-corrected chi connectivity index (χ1v) is 8.39. The molecule has 8 heteroatoms. The standard InChI is InChI=1S/C13H15ClN4O2S/c1-17-7-6-16-13(17)9-18(10-2-3-10)21(19,20)12-8-15-5-4-11(12)14/h4-8,10H,2-3,9H2,1H3. The van der Waals surface area contributed by atoms with E-state index in [1.807, 2.05) is 11.6 Å². The van der Waals surface area contributed by atoms with Gasteiger partial charge in [0.05, 0.1) is 11.6 Å². The van der Waals surface area contributed by atoms with Crippen molar-refractivity contribution in [3.63, 3.8) is 0 Å². The molecule has 6 nitrogen and oxygen atoms in total. The van der Waals surface area contributed by atoms with Crippen LogP contribution in [0.4, 0.5) is 0 Å². The van der Waals surface area contributed by atoms with Gasteiger partial charge in [-0.3, -0.25) is 4.98 Å². The highest BCUT2D eigenvalue weighted by molar-refractivity contribution is 7.89. The third kappa shape index (κ3) is 2.81. The zero-order valence-corrected chi connectivity index (χ0v) is 13.0. The molecule has 2 aromatic heterocycles. The Labute approximate surface area is 128 Å². The van der Waals surface area contributed by atoms with Gasteiger partial charge in [-0.15, -0.1) is 0 Å². The average Bonchev–Trinajstić information content (AvgIpc) is 3.20. The summed E-state index contributed by atoms with van der Waals surface area (Å²) in [5, 5.41) is 0.190. The fourth-order valence-electron chi connectivity index (χ4n) is 2.14. The Bertz CT molecular complexity index is 755. The van der Waals surface area contributed by atoms with Crippen molar-refractivity contribution in [2.24, 2.45) is 7.05 Å². The molecule has 0 amide bonds. The Balaban J connectivity index is 1.97. The number of hydrogen-bond donors (Lipinski definition) is 0. The Kier molecular flexibility index (Phi) is 3.73. The zero-order chi connectivity index (χ0) is 15.0. The lowest BCUT2D eigenvalue weighted by molar-refractivity contribution is 0.385. The SMILES string of the molecule is Cn1ccnc1CN(C1CC1)S(=O)(=O)c1cnccc1Cl. The van der Waals surface area contributed by atoms with Crippen LogP contribution in [0, 0.1) is 0 Å². The summed E-state index contributed by atoms with van der Waals surface area (Å²) in [5.74, 6) is 0.700. The van der Waals surface area contributed by atoms with Crippen LogP contribution in [0.2, 0.25) is 5.02 Å². The highest BCUT2D eigenvalue weighted by Gasteiger charge is 2.39. The number of nitrogens with zero attached hydrogens (tertiary/aromatic N) is 4. The summed E-state index contributed by atoms with van der Waals surface area (Å²) in [6, 6.07) is 1.50. The van der Waals surface area contributed by atoms with E-state index in [-0.39, 0.29) is 22.5 Å². The monoisotopic (exact) mass is 326 g/mol. The van der Waals surface area contributed by atoms with Gasteiger partial charge < -0.3 is 4.57 Å². The zero-order valence-electron chi connectivity index (χ0n) is 11.5. The maximum atomic E-state index is 12.8. The van der Waals surface area contributed by atoms with E-state index in [9.17, 15) is 8.42 Å². The number of imidazole rings is 1. The van der Waals surface area contributed by atoms with E-state index in [1.165, 1.54) is 22.8 Å². The van der Waals surface area contributed by atoms with Crippen LogP contribution in [0.3, 0.4) is 0 Å². The smallest absolute Gasteiger partial charge is 0.246 e. The van der Waals surface area contributed by atoms with Crippen LogP contribution in [0.25, 0.3) is 0 Å². The molecule has 1 aliphatic rings. The molecule has 1 aliphatic carbocycles. The summed E-state index contributed by atoms with van der Waals surface area (Å²) in [6.45, 7) is 0.238. The number of hydrogen-bond acceptors (Lipinski definition) is 4. The van der Waals surface area contributed by atoms with E-state index >= 15 is 0 Å². The average molecular weight is 327 g/mol. The van der Waals surface area contributed by atoms with Crippen LogP contribution in [-0.4, -0.2) is 33.3 Å². The van der Waals surface area contributed by atoms with Crippen molar-refractivity contribution in [3.05, 3.63) is 41.7 Å². The Morgan fingerprint density at radius 3 is 2.76 bits per heavy atom. The van der Waals surface area contributed by atoms with E-state index in [4.69, 9.17) is 11.6 Å². The van der Waals surface area contributed by atoms with E-state index < -0.39 is 10.0 Å². The quantitative estimate of drug-likeness (QED) is 0.840. The van der Waals surface area contributed by atoms with Crippen LogP contribution < -0.4 is 0 Å². The van der Waals surface area contributed by atoms with Crippen molar-refractivity contribution < 1.29 is 8.42 Å². The van der Waals surface area contributed by atoms with Crippen molar-refractivity contribution in [3.8, 4) is 0 Å². The molecule has 0 atom stereocenters. The number of aromatic nitrogens is 3. The first-order chi connectivity index (χ1) is 10.00. The molecule has 3 rings (SSSR count). The molecule has 0 unspecified atom stereocenters. The maximum Gasteiger partial charge on any atom is 0.246 e. The number of halogens is 1. The summed E-state index contributed by atoms with van der Waals surface area (Å²) in [6.07, 6.45) is 7.95. The normalized spacial score (nSPS) is 15.6. The van der Waals surface area contributed by atoms with Crippen molar-refractivity contribution in [2.75, 3.05) is 0 Å². The van der Waals surface area contributed by atoms with Crippen molar-refractivity contribution in [1.29, 1.82) is 0 Å². The van der Waals surface area contributed by atoms with Crippen LogP contribution in [0.5, 0.6) is 0 Å². The van der Waals surface area contributed by atoms with Gasteiger partial charge in [-0.05, 0) is 18.9 Å². The largest absolute Gasteiger partial charge is 0.337 e. The lowest BCUT2D eigenvalue weighted by Crippen LogP contribution is -2.33. The van der Waals surface area contributed by atoms with Crippen LogP contribution in [0.15, 0.2) is 35.7 Å². The van der Waals surface area contributed by atoms with Gasteiger partial charge in [0.2, 0.25) is 10.0 Å². The topological polar surface area (TPSA) is 68.1 Å². The second-order valence-electron chi connectivity index (χ2n) is 5.04. The maximum absolute atomic E-state index is 12.8. The van der Waals surface area contributed by atoms with E-state index in [0.29, 0.717) is 5.82 Å². The number of sulfonamides is 1. The third-order valence-electron chi connectivity index (χ3n) is 3.49. The molecule has 0 bridgehead atoms. The van der Waals surface area contributed by atoms with Gasteiger partial charge in [-0.2, -0.15) is 4.31 Å². The predicted molar refractivity (Wildman–Crippen MR) is 78.2 cm³/mol. The van der Waals surface area contributed by atoms with Crippen LogP contribution >= 0.6 is 11.6 Å². The highest BCUT2D eigenvalue weighted by atomic mass is 35.5. The Morgan fingerprint density at radius 1 is 1.43 bits per heavy atom. The second kappa shape index (κ2) is 5.40. The van der Waals surface area contributed by atoms with E-state index in [1.54, 1.807) is 12.4 Å². The predicted octanol–water partition coefficient (Wildman–Crippen LogP) is 1.82. The van der Waals surface area contributed by atoms with Crippen molar-refractivity contribution >= 4 is 21.6 Å². The Hall–Kier alpha value is -1.44. The summed E-state index contributed by atoms with van der Waals surface area (Å²) < 4.78 is 29.0. The van der Waals surface area contributed by atoms with Gasteiger partial charge in [-0.1, -0.05) is 11.6 Å². The first kappa shape index (κ1) is 14.5. The van der Waals surface area contributed by atoms with Gasteiger partial charge in [0.15, 0.2) is 0 Å². The van der Waals surface area contributed by atoms with Gasteiger partial charge in [0.25, 0.3) is 0 Å². The molecule has 0 saturated heterocycles. The Morgan fingerprint density at radius 2 is 2.19 bits per heavy atom. The lowest BCUT2D eigenvalue weighted by atomic mass is 10.5. The van der Waals surface area contributed by atoms with Crippen molar-refractivity contribution in [1.82, 2.24) is 18.8 Å². The number of rotatable bonds is 5. The van der Waals surface area contributed by atoms with Gasteiger partial charge in [0.1, 0.15) is 10.7 Å². The fourth-order valence-corrected chi connectivity index (χ4v) is 4.19. The molecule has 2 heterocycles. The molecular weight excluding hydrogens is 312 g/mol. The van der Waals surface area contributed by atoms with Gasteiger partial charge >= 0.3 is 0 Å². The minimum Gasteiger partial charge on any atom is -0.337 e. The molecule has 0 N–H and O–H groups in total. The molecule has 0 spiro atoms. The molecule has 0 aliphatic heterocycles. The minimum absolute atomic E-state index is 0.0166. The molecule has 1 saturated carbocycles. The minimum atomic E-state index is -3.68. The molecular formula is C13H15ClN4O2S. The molecule has 0 aromatic carbocycles. The molecule has 0 radical (unpaired) electrons. The van der Waals surface area contributed by atoms with E-state index in [2.05, 4.69) is 9.97 Å². The van der Waals surface area contributed by atoms with Gasteiger partial charge in [-0.25, -0.2) is 13.4 Å². The highest BCUT2D eigenvalue weighted by Crippen LogP contribution is 2.34. The molecule has 112 valence electrons. The first-order valence-electron chi connectivity index (χ1n) is 6.57. The number of aryl methyl sites for hydroxylation is 1. The van der Waals surface area contributed by atoms with Gasteiger partial charge in [0, 0.05) is 37.9 Å². The second-order valence-corrected chi connectivity index (χ2v) is 7.31. The summed E-state index contributed by atoms with van der Waals surface area (Å²) in [5.41, 5.74) is 0. The van der Waals surface area contributed by atoms with E-state index in [0.717, 1.165) is 12.8 Å². The summed E-state index contributed by atoms with van der Waals surface area (Å²) >= 11 is 6.02. The van der Waals surface area contributed by atoms with Crippen LogP contribution in [-0.2, 0) is 23.6 Å². The lowest BCUT2D eigenvalue weighted by Gasteiger charge is -2.21. The molecule has 2 aromatic rings. The van der Waals surface area contributed by atoms with Crippen molar-refractivity contribution in [2.45, 2.75) is 30.3 Å². The van der Waals surface area contributed by atoms with Crippen LogP contribution in [0.1, 0.15) is 18.7 Å². The fraction of sp³-hybridized carbons (Fsp3) is 0.385.